The summed E-state index contributed by atoms with van der Waals surface area (Å²) in [6, 6.07) is 3.87. The van der Waals surface area contributed by atoms with Crippen LogP contribution in [0.15, 0.2) is 24.3 Å². The normalized spacial score (nSPS) is 10.5. The van der Waals surface area contributed by atoms with Gasteiger partial charge in [-0.1, -0.05) is 0 Å². The number of nitrogens with one attached hydrogen (secondary N) is 2. The second kappa shape index (κ2) is 6.43. The van der Waals surface area contributed by atoms with E-state index >= 15 is 0 Å². The second-order valence-corrected chi connectivity index (χ2v) is 4.35. The molecular formula is C14H13F4N3. The monoisotopic (exact) mass is 299 g/mol. The summed E-state index contributed by atoms with van der Waals surface area (Å²) < 4.78 is 52.7. The molecular weight excluding hydrogens is 286 g/mol. The number of halogens is 4. The fourth-order valence-corrected chi connectivity index (χ4v) is 1.85. The zero-order valence-corrected chi connectivity index (χ0v) is 11.2. The summed E-state index contributed by atoms with van der Waals surface area (Å²) >= 11 is 0. The van der Waals surface area contributed by atoms with E-state index < -0.39 is 23.3 Å². The van der Waals surface area contributed by atoms with E-state index in [0.717, 1.165) is 6.07 Å². The van der Waals surface area contributed by atoms with Crippen LogP contribution in [-0.2, 0) is 6.42 Å². The highest BCUT2D eigenvalue weighted by molar-refractivity contribution is 5.47. The lowest BCUT2D eigenvalue weighted by molar-refractivity contribution is 0.576. The number of anilines is 2. The van der Waals surface area contributed by atoms with E-state index in [9.17, 15) is 17.6 Å². The Kier molecular flexibility index (Phi) is 4.62. The highest BCUT2D eigenvalue weighted by atomic mass is 19.1. The standard InChI is InChI=1S/C14H13F4N3/c1-19-13-11(17)7-12(18)14(21-13)20-3-2-8-4-9(15)6-10(16)5-8/h4-7H,2-3H2,1H3,(H2,19,20,21). The molecule has 0 aliphatic carbocycles. The second-order valence-electron chi connectivity index (χ2n) is 4.35. The van der Waals surface area contributed by atoms with Crippen LogP contribution in [0, 0.1) is 23.3 Å². The van der Waals surface area contributed by atoms with Gasteiger partial charge in [0.15, 0.2) is 23.3 Å². The van der Waals surface area contributed by atoms with E-state index in [4.69, 9.17) is 0 Å². The lowest BCUT2D eigenvalue weighted by Crippen LogP contribution is -2.10. The van der Waals surface area contributed by atoms with Gasteiger partial charge in [-0.25, -0.2) is 22.5 Å². The third-order valence-corrected chi connectivity index (χ3v) is 2.79. The van der Waals surface area contributed by atoms with Crippen LogP contribution in [-0.4, -0.2) is 18.6 Å². The molecule has 2 N–H and O–H groups in total. The lowest BCUT2D eigenvalue weighted by atomic mass is 10.1. The topological polar surface area (TPSA) is 37.0 Å². The Labute approximate surface area is 119 Å². The SMILES string of the molecule is CNc1nc(NCCc2cc(F)cc(F)c2)c(F)cc1F. The highest BCUT2D eigenvalue weighted by Gasteiger charge is 2.10. The number of pyridine rings is 1. The van der Waals surface area contributed by atoms with Gasteiger partial charge < -0.3 is 10.6 Å². The summed E-state index contributed by atoms with van der Waals surface area (Å²) in [4.78, 5) is 3.74. The third-order valence-electron chi connectivity index (χ3n) is 2.79. The number of nitrogens with zero attached hydrogens (tertiary/aromatic N) is 1. The van der Waals surface area contributed by atoms with Crippen LogP contribution >= 0.6 is 0 Å². The first-order chi connectivity index (χ1) is 9.99. The molecule has 0 amide bonds. The van der Waals surface area contributed by atoms with Gasteiger partial charge in [0.1, 0.15) is 11.6 Å². The molecule has 0 unspecified atom stereocenters. The average molecular weight is 299 g/mol. The first-order valence-electron chi connectivity index (χ1n) is 6.22. The summed E-state index contributed by atoms with van der Waals surface area (Å²) in [7, 11) is 1.46. The van der Waals surface area contributed by atoms with E-state index in [1.165, 1.54) is 19.2 Å². The first kappa shape index (κ1) is 15.1. The van der Waals surface area contributed by atoms with Gasteiger partial charge in [-0.2, -0.15) is 0 Å². The fourth-order valence-electron chi connectivity index (χ4n) is 1.85. The molecule has 0 radical (unpaired) electrons. The number of aromatic nitrogens is 1. The number of hydrogen-bond acceptors (Lipinski definition) is 3. The highest BCUT2D eigenvalue weighted by Crippen LogP contribution is 2.18. The summed E-state index contributed by atoms with van der Waals surface area (Å²) in [5.74, 6) is -3.19. The fraction of sp³-hybridized carbons (Fsp3) is 0.214. The van der Waals surface area contributed by atoms with Crippen LogP contribution in [0.4, 0.5) is 29.2 Å². The van der Waals surface area contributed by atoms with E-state index in [1.54, 1.807) is 0 Å². The number of rotatable bonds is 5. The molecule has 1 aromatic carbocycles. The van der Waals surface area contributed by atoms with Crippen LogP contribution < -0.4 is 10.6 Å². The lowest BCUT2D eigenvalue weighted by Gasteiger charge is -2.09. The molecule has 112 valence electrons. The summed E-state index contributed by atoms with van der Waals surface area (Å²) in [6.45, 7) is 0.196. The van der Waals surface area contributed by atoms with Crippen molar-refractivity contribution in [3.63, 3.8) is 0 Å². The van der Waals surface area contributed by atoms with Gasteiger partial charge in [0.25, 0.3) is 0 Å². The van der Waals surface area contributed by atoms with Crippen molar-refractivity contribution < 1.29 is 17.6 Å². The Morgan fingerprint density at radius 3 is 2.14 bits per heavy atom. The minimum absolute atomic E-state index is 0.0873. The van der Waals surface area contributed by atoms with Gasteiger partial charge in [0, 0.05) is 25.7 Å². The van der Waals surface area contributed by atoms with Crippen molar-refractivity contribution in [2.24, 2.45) is 0 Å². The molecule has 0 atom stereocenters. The smallest absolute Gasteiger partial charge is 0.168 e. The molecule has 0 spiro atoms. The molecule has 21 heavy (non-hydrogen) atoms. The molecule has 1 heterocycles. The Morgan fingerprint density at radius 2 is 1.52 bits per heavy atom. The largest absolute Gasteiger partial charge is 0.371 e. The minimum Gasteiger partial charge on any atom is -0.371 e. The van der Waals surface area contributed by atoms with Crippen LogP contribution in [0.1, 0.15) is 5.56 Å². The average Bonchev–Trinajstić information content (AvgIpc) is 2.40. The maximum Gasteiger partial charge on any atom is 0.168 e. The van der Waals surface area contributed by atoms with Crippen molar-refractivity contribution >= 4 is 11.6 Å². The molecule has 2 aromatic rings. The zero-order chi connectivity index (χ0) is 15.4. The van der Waals surface area contributed by atoms with Gasteiger partial charge in [-0.15, -0.1) is 0 Å². The molecule has 1 aromatic heterocycles. The Bertz CT molecular complexity index is 626. The maximum absolute atomic E-state index is 13.5. The number of benzene rings is 1. The summed E-state index contributed by atoms with van der Waals surface area (Å²) in [5, 5.41) is 5.16. The van der Waals surface area contributed by atoms with Crippen molar-refractivity contribution in [2.75, 3.05) is 24.2 Å². The van der Waals surface area contributed by atoms with E-state index in [-0.39, 0.29) is 24.6 Å². The molecule has 0 bridgehead atoms. The van der Waals surface area contributed by atoms with Gasteiger partial charge in [-0.3, -0.25) is 0 Å². The Balaban J connectivity index is 2.03. The molecule has 0 saturated heterocycles. The van der Waals surface area contributed by atoms with E-state index in [0.29, 0.717) is 11.6 Å². The van der Waals surface area contributed by atoms with Gasteiger partial charge >= 0.3 is 0 Å². The first-order valence-corrected chi connectivity index (χ1v) is 6.22. The van der Waals surface area contributed by atoms with Crippen molar-refractivity contribution in [2.45, 2.75) is 6.42 Å². The molecule has 2 rings (SSSR count). The number of hydrogen-bond donors (Lipinski definition) is 2. The van der Waals surface area contributed by atoms with Crippen molar-refractivity contribution in [1.82, 2.24) is 4.98 Å². The molecule has 0 fully saturated rings. The van der Waals surface area contributed by atoms with Gasteiger partial charge in [0.2, 0.25) is 0 Å². The summed E-state index contributed by atoms with van der Waals surface area (Å²) in [6.07, 6.45) is 0.266. The van der Waals surface area contributed by atoms with Gasteiger partial charge in [-0.05, 0) is 24.1 Å². The zero-order valence-electron chi connectivity index (χ0n) is 11.2. The minimum atomic E-state index is -0.836. The molecule has 7 heteroatoms. The predicted octanol–water partition coefficient (Wildman–Crippen LogP) is 3.33. The quantitative estimate of drug-likeness (QED) is 0.832. The molecule has 0 aliphatic heterocycles. The summed E-state index contributed by atoms with van der Waals surface area (Å²) in [5.41, 5.74) is 0.427. The van der Waals surface area contributed by atoms with E-state index in [2.05, 4.69) is 15.6 Å². The maximum atomic E-state index is 13.5. The van der Waals surface area contributed by atoms with Gasteiger partial charge in [0.05, 0.1) is 0 Å². The Morgan fingerprint density at radius 1 is 0.905 bits per heavy atom. The molecule has 0 saturated carbocycles. The Hall–Kier alpha value is -2.31. The van der Waals surface area contributed by atoms with Crippen LogP contribution in [0.2, 0.25) is 0 Å². The van der Waals surface area contributed by atoms with E-state index in [1.807, 2.05) is 0 Å². The van der Waals surface area contributed by atoms with Crippen molar-refractivity contribution in [1.29, 1.82) is 0 Å². The van der Waals surface area contributed by atoms with Crippen LogP contribution in [0.5, 0.6) is 0 Å². The van der Waals surface area contributed by atoms with Crippen molar-refractivity contribution in [3.05, 3.63) is 53.1 Å². The third kappa shape index (κ3) is 3.84. The van der Waals surface area contributed by atoms with Crippen LogP contribution in [0.25, 0.3) is 0 Å². The molecule has 0 aliphatic rings. The molecule has 3 nitrogen and oxygen atoms in total. The predicted molar refractivity (Wildman–Crippen MR) is 72.3 cm³/mol. The van der Waals surface area contributed by atoms with Crippen LogP contribution in [0.3, 0.4) is 0 Å². The van der Waals surface area contributed by atoms with Crippen molar-refractivity contribution in [3.8, 4) is 0 Å².